The molecule has 5 aromatic rings. The third-order valence-electron chi connectivity index (χ3n) is 12.3. The first kappa shape index (κ1) is 47.9. The first-order chi connectivity index (χ1) is 32.8. The predicted octanol–water partition coefficient (Wildman–Crippen LogP) is 9.07. The van der Waals surface area contributed by atoms with Crippen molar-refractivity contribution in [1.29, 1.82) is 0 Å². The lowest BCUT2D eigenvalue weighted by molar-refractivity contribution is -0.287. The van der Waals surface area contributed by atoms with Crippen molar-refractivity contribution in [3.05, 3.63) is 191 Å². The van der Waals surface area contributed by atoms with E-state index in [1.165, 1.54) is 0 Å². The van der Waals surface area contributed by atoms with Gasteiger partial charge in [-0.1, -0.05) is 141 Å². The fourth-order valence-electron chi connectivity index (χ4n) is 8.67. The highest BCUT2D eigenvalue weighted by molar-refractivity contribution is 5.90. The molecule has 0 spiro atoms. The molecule has 0 amide bonds. The van der Waals surface area contributed by atoms with Crippen molar-refractivity contribution in [3.8, 4) is 0 Å². The number of esters is 2. The van der Waals surface area contributed by atoms with Crippen molar-refractivity contribution in [1.82, 2.24) is 0 Å². The summed E-state index contributed by atoms with van der Waals surface area (Å²) in [6, 6.07) is 47.4. The van der Waals surface area contributed by atoms with Crippen LogP contribution in [-0.4, -0.2) is 93.2 Å². The molecular weight excluding hydrogens is 853 g/mol. The summed E-state index contributed by atoms with van der Waals surface area (Å²) in [5, 5.41) is 0. The van der Waals surface area contributed by atoms with Gasteiger partial charge in [0.05, 0.1) is 63.0 Å². The van der Waals surface area contributed by atoms with Crippen LogP contribution in [-0.2, 0) is 67.2 Å². The number of carbonyl (C=O) groups is 2. The molecule has 3 heterocycles. The zero-order chi connectivity index (χ0) is 46.4. The Bertz CT molecular complexity index is 2300. The van der Waals surface area contributed by atoms with E-state index in [9.17, 15) is 9.59 Å². The van der Waals surface area contributed by atoms with Crippen LogP contribution >= 0.6 is 0 Å². The summed E-state index contributed by atoms with van der Waals surface area (Å²) in [4.78, 5) is 27.1. The number of hydrogen-bond donors (Lipinski definition) is 0. The molecule has 3 aliphatic heterocycles. The van der Waals surface area contributed by atoms with Crippen molar-refractivity contribution in [3.63, 3.8) is 0 Å². The van der Waals surface area contributed by atoms with Crippen LogP contribution in [0.4, 0.5) is 0 Å². The smallest absolute Gasteiger partial charge is 0.338 e. The van der Waals surface area contributed by atoms with Gasteiger partial charge in [-0.05, 0) is 65.9 Å². The topological polar surface area (TPSA) is 126 Å². The van der Waals surface area contributed by atoms with Gasteiger partial charge in [0, 0.05) is 5.92 Å². The van der Waals surface area contributed by atoms with Gasteiger partial charge in [-0.3, -0.25) is 0 Å². The summed E-state index contributed by atoms with van der Waals surface area (Å²) in [5.74, 6) is -1.46. The van der Waals surface area contributed by atoms with E-state index < -0.39 is 67.2 Å². The maximum atomic E-state index is 13.6. The van der Waals surface area contributed by atoms with E-state index in [0.717, 1.165) is 22.3 Å². The molecule has 5 aromatic carbocycles. The van der Waals surface area contributed by atoms with E-state index in [1.807, 2.05) is 130 Å². The van der Waals surface area contributed by atoms with E-state index in [0.29, 0.717) is 37.4 Å². The molecule has 352 valence electrons. The van der Waals surface area contributed by atoms with Crippen LogP contribution in [0.5, 0.6) is 0 Å². The van der Waals surface area contributed by atoms with Crippen molar-refractivity contribution in [2.45, 2.75) is 108 Å². The Morgan fingerprint density at radius 1 is 0.537 bits per heavy atom. The molecule has 3 aliphatic rings. The zero-order valence-corrected chi connectivity index (χ0v) is 38.2. The van der Waals surface area contributed by atoms with E-state index in [2.05, 4.69) is 0 Å². The number of hydrogen-bond acceptors (Lipinski definition) is 12. The molecule has 0 radical (unpaired) electrons. The highest BCUT2D eigenvalue weighted by Gasteiger charge is 2.50. The SMILES string of the molecule is CC[C@H]1O[C@@H](OCC2=C[C@@H](O[C@@H]3[C@@H](OCc4ccccc4)[C@H](OCc4ccccc4)[C@@H](COCc4ccccc4)O[C@H]3C)OC2)[C@H](OC(=O)c2ccccc2)[C@@H](OC(=O)c2ccccc2)[C@@H]1C. The highest BCUT2D eigenvalue weighted by atomic mass is 16.7. The molecule has 0 N–H and O–H groups in total. The Morgan fingerprint density at radius 3 is 1.60 bits per heavy atom. The van der Waals surface area contributed by atoms with Crippen LogP contribution in [0.2, 0.25) is 0 Å². The Morgan fingerprint density at radius 2 is 1.04 bits per heavy atom. The maximum Gasteiger partial charge on any atom is 0.338 e. The molecule has 12 nitrogen and oxygen atoms in total. The monoisotopic (exact) mass is 912 g/mol. The zero-order valence-electron chi connectivity index (χ0n) is 38.2. The summed E-state index contributed by atoms with van der Waals surface area (Å²) >= 11 is 0. The Kier molecular flexibility index (Phi) is 17.1. The molecule has 67 heavy (non-hydrogen) atoms. The first-order valence-corrected chi connectivity index (χ1v) is 23.2. The lowest BCUT2D eigenvalue weighted by Crippen LogP contribution is -2.61. The van der Waals surface area contributed by atoms with Crippen LogP contribution in [0, 0.1) is 5.92 Å². The van der Waals surface area contributed by atoms with Gasteiger partial charge in [-0.25, -0.2) is 9.59 Å². The third-order valence-corrected chi connectivity index (χ3v) is 12.3. The summed E-state index contributed by atoms with van der Waals surface area (Å²) < 4.78 is 64.8. The Balaban J connectivity index is 0.996. The summed E-state index contributed by atoms with van der Waals surface area (Å²) in [6.07, 6.45) is -4.41. The number of carbonyl (C=O) groups excluding carboxylic acids is 2. The molecule has 2 fully saturated rings. The second-order valence-electron chi connectivity index (χ2n) is 17.1. The van der Waals surface area contributed by atoms with Gasteiger partial charge in [-0.15, -0.1) is 0 Å². The minimum atomic E-state index is -1.09. The average molecular weight is 913 g/mol. The quantitative estimate of drug-likeness (QED) is 0.0546. The van der Waals surface area contributed by atoms with Crippen molar-refractivity contribution in [2.24, 2.45) is 5.92 Å². The van der Waals surface area contributed by atoms with Crippen molar-refractivity contribution < 1.29 is 57.0 Å². The maximum absolute atomic E-state index is 13.6. The van der Waals surface area contributed by atoms with Gasteiger partial charge in [0.1, 0.15) is 30.5 Å². The third kappa shape index (κ3) is 12.9. The average Bonchev–Trinajstić information content (AvgIpc) is 3.83. The molecular formula is C55H60O12. The van der Waals surface area contributed by atoms with E-state index in [4.69, 9.17) is 47.4 Å². The molecule has 12 heteroatoms. The molecule has 8 rings (SSSR count). The predicted molar refractivity (Wildman–Crippen MR) is 249 cm³/mol. The van der Waals surface area contributed by atoms with E-state index >= 15 is 0 Å². The van der Waals surface area contributed by atoms with Crippen LogP contribution in [0.15, 0.2) is 163 Å². The minimum Gasteiger partial charge on any atom is -0.454 e. The summed E-state index contributed by atoms with van der Waals surface area (Å²) in [6.45, 7) is 7.47. The lowest BCUT2D eigenvalue weighted by Gasteiger charge is -2.45. The number of rotatable bonds is 20. The van der Waals surface area contributed by atoms with Gasteiger partial charge in [0.25, 0.3) is 0 Å². The fourth-order valence-corrected chi connectivity index (χ4v) is 8.67. The van der Waals surface area contributed by atoms with Crippen LogP contribution in [0.3, 0.4) is 0 Å². The Labute approximate surface area is 393 Å². The molecule has 0 unspecified atom stereocenters. The second-order valence-corrected chi connectivity index (χ2v) is 17.1. The van der Waals surface area contributed by atoms with Gasteiger partial charge in [0.15, 0.2) is 18.7 Å². The minimum absolute atomic E-state index is 0.0579. The molecule has 0 bridgehead atoms. The summed E-state index contributed by atoms with van der Waals surface area (Å²) in [7, 11) is 0. The van der Waals surface area contributed by atoms with Gasteiger partial charge in [-0.2, -0.15) is 0 Å². The Hall–Kier alpha value is -5.54. The van der Waals surface area contributed by atoms with Crippen molar-refractivity contribution in [2.75, 3.05) is 19.8 Å². The molecule has 0 aliphatic carbocycles. The summed E-state index contributed by atoms with van der Waals surface area (Å²) in [5.41, 5.74) is 4.57. The molecule has 0 saturated carbocycles. The molecule has 11 atom stereocenters. The number of ether oxygens (including phenoxy) is 10. The van der Waals surface area contributed by atoms with Crippen LogP contribution in [0.1, 0.15) is 64.6 Å². The molecule has 2 saturated heterocycles. The van der Waals surface area contributed by atoms with Crippen LogP contribution < -0.4 is 0 Å². The van der Waals surface area contributed by atoms with E-state index in [-0.39, 0.29) is 31.8 Å². The normalized spacial score (nSPS) is 27.2. The standard InChI is InChI=1S/C55H60O12/c1-4-45-37(2)48(66-53(56)43-26-16-8-17-27-43)52(67-54(57)44-28-18-9-19-29-44)55(64-45)62-35-42-30-47(59-34-42)65-49-38(3)63-46(36-58-31-39-20-10-5-11-21-39)50(60-32-40-22-12-6-13-23-40)51(49)61-33-41-24-14-7-15-25-41/h5-30,37-38,45-52,55H,4,31-36H2,1-3H3/t37-,38+,45-,46-,47-,48+,49+,50-,51-,52-,55-/m1/s1. The lowest BCUT2D eigenvalue weighted by atomic mass is 9.89. The fraction of sp³-hybridized carbons (Fsp3) is 0.382. The largest absolute Gasteiger partial charge is 0.454 e. The second kappa shape index (κ2) is 24.0. The first-order valence-electron chi connectivity index (χ1n) is 23.2. The number of benzene rings is 5. The van der Waals surface area contributed by atoms with Gasteiger partial charge >= 0.3 is 11.9 Å². The van der Waals surface area contributed by atoms with Crippen LogP contribution in [0.25, 0.3) is 0 Å². The van der Waals surface area contributed by atoms with E-state index in [1.54, 1.807) is 48.5 Å². The van der Waals surface area contributed by atoms with Crippen molar-refractivity contribution >= 4 is 11.9 Å². The van der Waals surface area contributed by atoms with Gasteiger partial charge < -0.3 is 47.4 Å². The van der Waals surface area contributed by atoms with Gasteiger partial charge in [0.2, 0.25) is 0 Å². The highest BCUT2D eigenvalue weighted by Crippen LogP contribution is 2.35. The molecule has 0 aromatic heterocycles.